The van der Waals surface area contributed by atoms with Crippen LogP contribution in [0.2, 0.25) is 5.02 Å². The van der Waals surface area contributed by atoms with Crippen LogP contribution in [-0.2, 0) is 9.59 Å². The molecule has 1 saturated heterocycles. The first-order chi connectivity index (χ1) is 16.2. The fourth-order valence-corrected chi connectivity index (χ4v) is 5.47. The number of benzene rings is 3. The van der Waals surface area contributed by atoms with Crippen molar-refractivity contribution >= 4 is 55.7 Å². The number of aliphatic hydroxyl groups excluding tert-OH is 1. The molecule has 1 N–H and O–H groups in total. The number of anilines is 1. The first-order valence-electron chi connectivity index (χ1n) is 10.8. The van der Waals surface area contributed by atoms with Gasteiger partial charge < -0.3 is 5.11 Å². The highest BCUT2D eigenvalue weighted by molar-refractivity contribution is 7.22. The molecule has 3 aromatic carbocycles. The van der Waals surface area contributed by atoms with Gasteiger partial charge in [0.2, 0.25) is 0 Å². The molecule has 0 aliphatic carbocycles. The topological polar surface area (TPSA) is 70.5 Å². The van der Waals surface area contributed by atoms with Gasteiger partial charge >= 0.3 is 5.91 Å². The van der Waals surface area contributed by atoms with Gasteiger partial charge in [-0.15, -0.1) is 0 Å². The van der Waals surface area contributed by atoms with Crippen LogP contribution in [0.5, 0.6) is 0 Å². The van der Waals surface area contributed by atoms with Gasteiger partial charge in [-0.25, -0.2) is 4.98 Å². The molecule has 2 heterocycles. The Morgan fingerprint density at radius 3 is 2.38 bits per heavy atom. The summed E-state index contributed by atoms with van der Waals surface area (Å²) in [6, 6.07) is 17.6. The first kappa shape index (κ1) is 22.3. The number of hydrogen-bond acceptors (Lipinski definition) is 5. The molecule has 0 spiro atoms. The summed E-state index contributed by atoms with van der Waals surface area (Å²) >= 11 is 7.45. The Bertz CT molecular complexity index is 1500. The van der Waals surface area contributed by atoms with Crippen molar-refractivity contribution in [3.8, 4) is 0 Å². The van der Waals surface area contributed by atoms with E-state index in [-0.39, 0.29) is 11.3 Å². The molecule has 1 atom stereocenters. The van der Waals surface area contributed by atoms with Gasteiger partial charge in [0, 0.05) is 10.6 Å². The number of thiazole rings is 1. The van der Waals surface area contributed by atoms with Gasteiger partial charge in [-0.05, 0) is 67.8 Å². The maximum absolute atomic E-state index is 13.4. The smallest absolute Gasteiger partial charge is 0.301 e. The molecule has 1 aliphatic heterocycles. The van der Waals surface area contributed by atoms with E-state index in [4.69, 9.17) is 11.6 Å². The minimum atomic E-state index is -0.834. The SMILES string of the molecule is Cc1ccc(C)c(/C(O)=C2\C(=O)C(=O)N(c3nc4ccc(C)cc4s3)C2c2ccc(Cl)cc2)c1. The number of fused-ring (bicyclic) bond motifs is 1. The van der Waals surface area contributed by atoms with Crippen molar-refractivity contribution in [2.45, 2.75) is 26.8 Å². The van der Waals surface area contributed by atoms with Crippen LogP contribution >= 0.6 is 22.9 Å². The van der Waals surface area contributed by atoms with Crippen molar-refractivity contribution in [3.63, 3.8) is 0 Å². The number of nitrogens with zero attached hydrogens (tertiary/aromatic N) is 2. The third kappa shape index (κ3) is 3.69. The Morgan fingerprint density at radius 1 is 0.971 bits per heavy atom. The van der Waals surface area contributed by atoms with Crippen molar-refractivity contribution in [1.29, 1.82) is 0 Å². The maximum atomic E-state index is 13.4. The van der Waals surface area contributed by atoms with Crippen LogP contribution in [0.25, 0.3) is 16.0 Å². The van der Waals surface area contributed by atoms with E-state index in [2.05, 4.69) is 4.98 Å². The van der Waals surface area contributed by atoms with E-state index in [1.54, 1.807) is 24.3 Å². The monoisotopic (exact) mass is 488 g/mol. The fourth-order valence-electron chi connectivity index (χ4n) is 4.25. The van der Waals surface area contributed by atoms with Crippen molar-refractivity contribution in [2.75, 3.05) is 4.90 Å². The second-order valence-electron chi connectivity index (χ2n) is 8.51. The lowest BCUT2D eigenvalue weighted by molar-refractivity contribution is -0.132. The molecular weight excluding hydrogens is 468 g/mol. The molecule has 1 unspecified atom stereocenters. The van der Waals surface area contributed by atoms with Gasteiger partial charge in [-0.1, -0.05) is 58.8 Å². The Hall–Kier alpha value is -3.48. The number of amides is 1. The molecule has 0 bridgehead atoms. The minimum absolute atomic E-state index is 0.0384. The predicted octanol–water partition coefficient (Wildman–Crippen LogP) is 6.50. The summed E-state index contributed by atoms with van der Waals surface area (Å²) in [4.78, 5) is 32.8. The Balaban J connectivity index is 1.76. The van der Waals surface area contributed by atoms with Crippen LogP contribution in [0.1, 0.15) is 33.9 Å². The summed E-state index contributed by atoms with van der Waals surface area (Å²) in [7, 11) is 0. The molecule has 1 fully saturated rings. The third-order valence-corrected chi connectivity index (χ3v) is 7.29. The summed E-state index contributed by atoms with van der Waals surface area (Å²) in [6.45, 7) is 5.76. The molecular formula is C27H21ClN2O3S. The Kier molecular flexibility index (Phi) is 5.50. The van der Waals surface area contributed by atoms with Crippen LogP contribution in [0.4, 0.5) is 5.13 Å². The highest BCUT2D eigenvalue weighted by Gasteiger charge is 2.48. The highest BCUT2D eigenvalue weighted by Crippen LogP contribution is 2.44. The Labute approximate surface area is 205 Å². The van der Waals surface area contributed by atoms with Crippen LogP contribution in [0.15, 0.2) is 66.2 Å². The van der Waals surface area contributed by atoms with Crippen molar-refractivity contribution < 1.29 is 14.7 Å². The van der Waals surface area contributed by atoms with E-state index in [0.717, 1.165) is 26.9 Å². The van der Waals surface area contributed by atoms with Crippen molar-refractivity contribution in [3.05, 3.63) is 99.1 Å². The second kappa shape index (κ2) is 8.38. The van der Waals surface area contributed by atoms with Gasteiger partial charge in [-0.3, -0.25) is 14.5 Å². The number of ketones is 1. The average Bonchev–Trinajstić information content (AvgIpc) is 3.33. The predicted molar refractivity (Wildman–Crippen MR) is 137 cm³/mol. The molecule has 5 nitrogen and oxygen atoms in total. The van der Waals surface area contributed by atoms with Gasteiger partial charge in [0.1, 0.15) is 5.76 Å². The first-order valence-corrected chi connectivity index (χ1v) is 12.0. The van der Waals surface area contributed by atoms with E-state index >= 15 is 0 Å². The third-order valence-electron chi connectivity index (χ3n) is 6.02. The zero-order valence-corrected chi connectivity index (χ0v) is 20.4. The highest BCUT2D eigenvalue weighted by atomic mass is 35.5. The standard InChI is InChI=1S/C27H21ClN2O3S/c1-14-4-6-16(3)19(12-14)24(31)22-23(17-7-9-18(28)10-8-17)30(26(33)25(22)32)27-29-20-11-5-15(2)13-21(20)34-27/h4-13,23,31H,1-3H3/b24-22+. The molecule has 7 heteroatoms. The molecule has 5 rings (SSSR count). The molecule has 0 radical (unpaired) electrons. The van der Waals surface area contributed by atoms with E-state index < -0.39 is 17.7 Å². The van der Waals surface area contributed by atoms with Crippen molar-refractivity contribution in [2.24, 2.45) is 0 Å². The average molecular weight is 489 g/mol. The van der Waals surface area contributed by atoms with E-state index in [1.165, 1.54) is 16.2 Å². The van der Waals surface area contributed by atoms with E-state index in [1.807, 2.05) is 57.2 Å². The van der Waals surface area contributed by atoms with E-state index in [0.29, 0.717) is 21.3 Å². The summed E-state index contributed by atoms with van der Waals surface area (Å²) < 4.78 is 0.918. The van der Waals surface area contributed by atoms with Crippen LogP contribution in [0, 0.1) is 20.8 Å². The molecule has 34 heavy (non-hydrogen) atoms. The number of aromatic nitrogens is 1. The number of carbonyl (C=O) groups excluding carboxylic acids is 2. The normalized spacial score (nSPS) is 17.6. The van der Waals surface area contributed by atoms with Crippen LogP contribution in [0.3, 0.4) is 0 Å². The largest absolute Gasteiger partial charge is 0.507 e. The lowest BCUT2D eigenvalue weighted by Gasteiger charge is -2.23. The lowest BCUT2D eigenvalue weighted by Crippen LogP contribution is -2.29. The molecule has 1 aromatic heterocycles. The van der Waals surface area contributed by atoms with Crippen LogP contribution in [-0.4, -0.2) is 21.8 Å². The number of halogens is 1. The number of Topliss-reactive ketones (excluding diaryl/α,β-unsaturated/α-hetero) is 1. The number of aliphatic hydroxyl groups is 1. The summed E-state index contributed by atoms with van der Waals surface area (Å²) in [5, 5.41) is 12.3. The van der Waals surface area contributed by atoms with Crippen molar-refractivity contribution in [1.82, 2.24) is 4.98 Å². The number of aryl methyl sites for hydroxylation is 3. The van der Waals surface area contributed by atoms with Crippen LogP contribution < -0.4 is 4.90 Å². The quantitative estimate of drug-likeness (QED) is 0.203. The second-order valence-corrected chi connectivity index (χ2v) is 9.95. The minimum Gasteiger partial charge on any atom is -0.507 e. The Morgan fingerprint density at radius 2 is 1.65 bits per heavy atom. The summed E-state index contributed by atoms with van der Waals surface area (Å²) in [5.74, 6) is -1.66. The molecule has 4 aromatic rings. The lowest BCUT2D eigenvalue weighted by atomic mass is 9.93. The van der Waals surface area contributed by atoms with Gasteiger partial charge in [0.05, 0.1) is 21.8 Å². The van der Waals surface area contributed by atoms with Gasteiger partial charge in [0.25, 0.3) is 5.78 Å². The molecule has 1 amide bonds. The maximum Gasteiger partial charge on any atom is 0.301 e. The van der Waals surface area contributed by atoms with E-state index in [9.17, 15) is 14.7 Å². The summed E-state index contributed by atoms with van der Waals surface area (Å²) in [5.41, 5.74) is 4.79. The van der Waals surface area contributed by atoms with Gasteiger partial charge in [-0.2, -0.15) is 0 Å². The molecule has 0 saturated carbocycles. The molecule has 1 aliphatic rings. The molecule has 170 valence electrons. The number of carbonyl (C=O) groups is 2. The zero-order chi connectivity index (χ0) is 24.1. The fraction of sp³-hybridized carbons (Fsp3) is 0.148. The number of hydrogen-bond donors (Lipinski definition) is 1. The number of rotatable bonds is 3. The zero-order valence-electron chi connectivity index (χ0n) is 18.8. The van der Waals surface area contributed by atoms with Gasteiger partial charge in [0.15, 0.2) is 5.13 Å². The summed E-state index contributed by atoms with van der Waals surface area (Å²) in [6.07, 6.45) is 0.